The number of para-hydroxylation sites is 2. The highest BCUT2D eigenvalue weighted by atomic mass is 15.2. The summed E-state index contributed by atoms with van der Waals surface area (Å²) in [6.07, 6.45) is 0. The second-order valence-electron chi connectivity index (χ2n) is 29.7. The Labute approximate surface area is 565 Å². The topological polar surface area (TPSA) is 11.4 Å². The van der Waals surface area contributed by atoms with Crippen LogP contribution >= 0.6 is 0 Å². The second kappa shape index (κ2) is 22.4. The van der Waals surface area contributed by atoms with E-state index in [1.54, 1.807) is 0 Å². The van der Waals surface area contributed by atoms with Crippen LogP contribution in [0.5, 0.6) is 0 Å². The van der Waals surface area contributed by atoms with E-state index in [1.807, 2.05) is 0 Å². The van der Waals surface area contributed by atoms with Crippen molar-refractivity contribution in [2.75, 3.05) is 9.80 Å². The summed E-state index contributed by atoms with van der Waals surface area (Å²) < 4.78 is 2.55. The van der Waals surface area contributed by atoms with Crippen molar-refractivity contribution in [1.82, 2.24) is 4.57 Å². The molecule has 0 saturated heterocycles. The predicted octanol–water partition coefficient (Wildman–Crippen LogP) is 23.4. The molecule has 0 fully saturated rings. The molecule has 1 aromatic heterocycles. The molecule has 0 aliphatic carbocycles. The summed E-state index contributed by atoms with van der Waals surface area (Å²) in [7, 11) is 0. The zero-order valence-corrected chi connectivity index (χ0v) is 56.2. The van der Waals surface area contributed by atoms with E-state index in [4.69, 9.17) is 0 Å². The minimum absolute atomic E-state index is 0.0402. The molecule has 0 atom stereocenters. The van der Waals surface area contributed by atoms with Crippen LogP contribution in [-0.2, 0) is 16.2 Å². The van der Waals surface area contributed by atoms with Crippen molar-refractivity contribution in [2.24, 2.45) is 0 Å². The summed E-state index contributed by atoms with van der Waals surface area (Å²) in [6, 6.07) is 113. The smallest absolute Gasteiger partial charge is 0.252 e. The maximum atomic E-state index is 2.70. The first-order valence-corrected chi connectivity index (χ1v) is 34.1. The van der Waals surface area contributed by atoms with E-state index in [0.717, 1.165) is 78.5 Å². The van der Waals surface area contributed by atoms with Crippen LogP contribution in [0.4, 0.5) is 34.1 Å². The molecule has 0 radical (unpaired) electrons. The van der Waals surface area contributed by atoms with Crippen LogP contribution in [0.3, 0.4) is 0 Å². The molecule has 17 rings (SSSR count). The van der Waals surface area contributed by atoms with Gasteiger partial charge < -0.3 is 14.4 Å². The molecule has 462 valence electrons. The maximum absolute atomic E-state index is 2.70. The molecular weight excluding hydrogens is 1160 g/mol. The summed E-state index contributed by atoms with van der Waals surface area (Å²) in [4.78, 5) is 5.39. The summed E-state index contributed by atoms with van der Waals surface area (Å²) in [5.41, 5.74) is 29.3. The molecule has 14 aromatic carbocycles. The lowest BCUT2D eigenvalue weighted by Gasteiger charge is -2.46. The lowest BCUT2D eigenvalue weighted by molar-refractivity contribution is 0.590. The van der Waals surface area contributed by atoms with Gasteiger partial charge >= 0.3 is 0 Å². The van der Waals surface area contributed by atoms with Crippen molar-refractivity contribution < 1.29 is 0 Å². The number of hydrogen-bond acceptors (Lipinski definition) is 2. The SMILES string of the molecule is CC(C)(C)c1cc2c3c(c1)N(c1c(-c4ccccc4)cccc1-c1ccccc1)c1cc(-n4c5ccc(C(C)(C)C)cc5c5cc(C(C)(C)C)ccc54)ccc1B3c1ccc(-c3ccc4cc5ccccc5cc4c3)cc1N2c1c(-c2ccccc2)cccc1-c1ccccc1. The number of hydrogen-bond donors (Lipinski definition) is 0. The van der Waals surface area contributed by atoms with Crippen LogP contribution < -0.4 is 26.2 Å². The minimum Gasteiger partial charge on any atom is -0.310 e. The second-order valence-corrected chi connectivity index (χ2v) is 29.7. The normalized spacial score (nSPS) is 13.0. The molecule has 2 aliphatic rings. The summed E-state index contributed by atoms with van der Waals surface area (Å²) in [5.74, 6) is 0. The lowest BCUT2D eigenvalue weighted by atomic mass is 9.33. The fourth-order valence-corrected chi connectivity index (χ4v) is 15.5. The van der Waals surface area contributed by atoms with Crippen molar-refractivity contribution in [3.05, 3.63) is 314 Å². The van der Waals surface area contributed by atoms with Crippen molar-refractivity contribution in [2.45, 2.75) is 78.6 Å². The van der Waals surface area contributed by atoms with Crippen LogP contribution in [-0.4, -0.2) is 11.3 Å². The quantitative estimate of drug-likeness (QED) is 0.111. The third kappa shape index (κ3) is 9.79. The standard InChI is InChI=1S/C92H76BN3/c1-90(2,3)69-43-48-81-77(54-69)78-55-70(91(4,5)6)44-49-82(78)94(81)72-45-47-80-84(58-72)96(89-75(61-30-18-12-19-31-61)38-25-39-76(89)62-32-20-13-21-33-62)86-57-71(92(7,8)9)56-85-87(86)93(80)79-46-42-67(65-40-41-66-50-63-34-22-23-35-64(63)51-68(66)52-65)53-83(79)95(85)88-73(59-26-14-10-15-27-59)36-24-37-74(88)60-28-16-11-17-29-60/h10-58H,1-9H3. The molecular formula is C92H76BN3. The number of benzene rings is 14. The van der Waals surface area contributed by atoms with Crippen LogP contribution in [0.25, 0.3) is 105 Å². The van der Waals surface area contributed by atoms with Gasteiger partial charge in [-0.15, -0.1) is 0 Å². The summed E-state index contributed by atoms with van der Waals surface area (Å²) >= 11 is 0. The molecule has 3 heterocycles. The van der Waals surface area contributed by atoms with Crippen molar-refractivity contribution in [3.63, 3.8) is 0 Å². The zero-order chi connectivity index (χ0) is 65.4. The van der Waals surface area contributed by atoms with E-state index in [2.05, 4.69) is 374 Å². The monoisotopic (exact) mass is 1230 g/mol. The molecule has 0 spiro atoms. The Morgan fingerprint density at radius 2 is 0.646 bits per heavy atom. The Kier molecular flexibility index (Phi) is 13.7. The van der Waals surface area contributed by atoms with Crippen molar-refractivity contribution in [1.29, 1.82) is 0 Å². The Morgan fingerprint density at radius 1 is 0.260 bits per heavy atom. The third-order valence-electron chi connectivity index (χ3n) is 20.6. The zero-order valence-electron chi connectivity index (χ0n) is 56.2. The van der Waals surface area contributed by atoms with Gasteiger partial charge in [0.15, 0.2) is 0 Å². The van der Waals surface area contributed by atoms with Gasteiger partial charge in [0.25, 0.3) is 6.71 Å². The number of fused-ring (bicyclic) bond motifs is 9. The van der Waals surface area contributed by atoms with Crippen LogP contribution in [0, 0.1) is 0 Å². The Morgan fingerprint density at radius 3 is 1.09 bits per heavy atom. The first-order chi connectivity index (χ1) is 46.5. The highest BCUT2D eigenvalue weighted by Crippen LogP contribution is 2.54. The minimum atomic E-state index is -0.291. The number of anilines is 6. The Bertz CT molecular complexity index is 5400. The molecule has 0 amide bonds. The molecule has 0 bridgehead atoms. The fraction of sp³-hybridized carbons (Fsp3) is 0.130. The van der Waals surface area contributed by atoms with Crippen LogP contribution in [0.1, 0.15) is 79.0 Å². The van der Waals surface area contributed by atoms with Gasteiger partial charge in [-0.25, -0.2) is 0 Å². The van der Waals surface area contributed by atoms with Crippen molar-refractivity contribution in [3.8, 4) is 61.3 Å². The molecule has 0 N–H and O–H groups in total. The van der Waals surface area contributed by atoms with Gasteiger partial charge in [-0.1, -0.05) is 287 Å². The lowest BCUT2D eigenvalue weighted by Crippen LogP contribution is -2.61. The molecule has 0 unspecified atom stereocenters. The molecule has 2 aliphatic heterocycles. The fourth-order valence-electron chi connectivity index (χ4n) is 15.5. The largest absolute Gasteiger partial charge is 0.310 e. The first-order valence-electron chi connectivity index (χ1n) is 34.1. The summed E-state index contributed by atoms with van der Waals surface area (Å²) in [6.45, 7) is 20.9. The number of rotatable bonds is 8. The third-order valence-corrected chi connectivity index (χ3v) is 20.6. The van der Waals surface area contributed by atoms with E-state index in [9.17, 15) is 0 Å². The molecule has 3 nitrogen and oxygen atoms in total. The van der Waals surface area contributed by atoms with Gasteiger partial charge in [0, 0.05) is 61.5 Å². The maximum Gasteiger partial charge on any atom is 0.252 e. The van der Waals surface area contributed by atoms with E-state index < -0.39 is 0 Å². The Hall–Kier alpha value is -10.9. The van der Waals surface area contributed by atoms with Gasteiger partial charge in [0.1, 0.15) is 0 Å². The van der Waals surface area contributed by atoms with Crippen LogP contribution in [0.2, 0.25) is 0 Å². The molecule has 0 saturated carbocycles. The van der Waals surface area contributed by atoms with Gasteiger partial charge in [-0.05, 0) is 177 Å². The Balaban J connectivity index is 1.02. The molecule has 96 heavy (non-hydrogen) atoms. The number of nitrogens with zero attached hydrogens (tertiary/aromatic N) is 3. The average Bonchev–Trinajstić information content (AvgIpc) is 1.01. The summed E-state index contributed by atoms with van der Waals surface area (Å²) in [5, 5.41) is 7.48. The van der Waals surface area contributed by atoms with Gasteiger partial charge in [-0.2, -0.15) is 0 Å². The highest BCUT2D eigenvalue weighted by Gasteiger charge is 2.46. The van der Waals surface area contributed by atoms with E-state index in [1.165, 1.54) is 93.4 Å². The van der Waals surface area contributed by atoms with Gasteiger partial charge in [0.2, 0.25) is 0 Å². The van der Waals surface area contributed by atoms with E-state index in [0.29, 0.717) is 0 Å². The van der Waals surface area contributed by atoms with Gasteiger partial charge in [-0.3, -0.25) is 0 Å². The molecule has 4 heteroatoms. The predicted molar refractivity (Wildman–Crippen MR) is 413 cm³/mol. The molecule has 15 aromatic rings. The van der Waals surface area contributed by atoms with Gasteiger partial charge in [0.05, 0.1) is 22.4 Å². The van der Waals surface area contributed by atoms with E-state index in [-0.39, 0.29) is 23.0 Å². The highest BCUT2D eigenvalue weighted by molar-refractivity contribution is 7.00. The first kappa shape index (κ1) is 58.9. The number of aromatic nitrogens is 1. The van der Waals surface area contributed by atoms with Crippen molar-refractivity contribution >= 4 is 101 Å². The van der Waals surface area contributed by atoms with E-state index >= 15 is 0 Å². The van der Waals surface area contributed by atoms with Crippen LogP contribution in [0.15, 0.2) is 297 Å². The average molecular weight is 1230 g/mol.